The molecule has 0 radical (unpaired) electrons. The van der Waals surface area contributed by atoms with Gasteiger partial charge in [0, 0.05) is 6.20 Å². The van der Waals surface area contributed by atoms with E-state index in [0.29, 0.717) is 22.9 Å². The van der Waals surface area contributed by atoms with Gasteiger partial charge in [-0.2, -0.15) is 0 Å². The number of carbonyl (C=O) groups excluding carboxylic acids is 1. The zero-order valence-electron chi connectivity index (χ0n) is 11.5. The Morgan fingerprint density at radius 2 is 1.76 bits per heavy atom. The summed E-state index contributed by atoms with van der Waals surface area (Å²) >= 11 is 5.89. The van der Waals surface area contributed by atoms with E-state index in [9.17, 15) is 4.79 Å². The fraction of sp³-hybridized carbons (Fsp3) is 0.143. The molecule has 2 rings (SSSR count). The second-order valence-corrected chi connectivity index (χ2v) is 4.32. The molecule has 0 aliphatic carbocycles. The summed E-state index contributed by atoms with van der Waals surface area (Å²) in [6, 6.07) is 8.04. The van der Waals surface area contributed by atoms with Crippen molar-refractivity contribution in [1.82, 2.24) is 4.98 Å². The number of benzene rings is 1. The number of carbonyl (C=O) groups is 1. The second kappa shape index (κ2) is 6.81. The number of aromatic nitrogens is 1. The van der Waals surface area contributed by atoms with E-state index in [-0.39, 0.29) is 5.15 Å². The quantitative estimate of drug-likeness (QED) is 0.849. The van der Waals surface area contributed by atoms with E-state index in [1.54, 1.807) is 30.3 Å². The van der Waals surface area contributed by atoms with Crippen LogP contribution >= 0.6 is 11.6 Å². The molecule has 0 saturated heterocycles. The van der Waals surface area contributed by atoms with E-state index in [4.69, 9.17) is 21.1 Å². The highest BCUT2D eigenvalue weighted by Crippen LogP contribution is 2.34. The van der Waals surface area contributed by atoms with Crippen LogP contribution in [-0.2, 0) is 0 Å². The van der Waals surface area contributed by atoms with Crippen LogP contribution in [-0.4, -0.2) is 25.2 Å². The third kappa shape index (κ3) is 3.55. The topological polar surface area (TPSA) is 72.5 Å². The van der Waals surface area contributed by atoms with Gasteiger partial charge in [-0.05, 0) is 24.3 Å². The summed E-state index contributed by atoms with van der Waals surface area (Å²) in [5, 5.41) is 5.48. The number of hydrogen-bond acceptors (Lipinski definition) is 4. The van der Waals surface area contributed by atoms with Crippen LogP contribution in [0.5, 0.6) is 11.5 Å². The van der Waals surface area contributed by atoms with Crippen LogP contribution in [0.2, 0.25) is 5.15 Å². The van der Waals surface area contributed by atoms with Crippen molar-refractivity contribution >= 4 is 29.0 Å². The minimum Gasteiger partial charge on any atom is -0.494 e. The minimum absolute atomic E-state index is 0.208. The van der Waals surface area contributed by atoms with Crippen molar-refractivity contribution in [1.29, 1.82) is 0 Å². The highest BCUT2D eigenvalue weighted by Gasteiger charge is 2.13. The summed E-state index contributed by atoms with van der Waals surface area (Å²) < 4.78 is 10.4. The first-order valence-electron chi connectivity index (χ1n) is 6.05. The van der Waals surface area contributed by atoms with Gasteiger partial charge in [-0.1, -0.05) is 17.7 Å². The Bertz CT molecular complexity index is 627. The molecule has 1 aromatic carbocycles. The molecular weight excluding hydrogens is 294 g/mol. The highest BCUT2D eigenvalue weighted by atomic mass is 35.5. The molecule has 0 saturated carbocycles. The number of methoxy groups -OCH3 is 2. The van der Waals surface area contributed by atoms with Gasteiger partial charge in [-0.25, -0.2) is 9.78 Å². The van der Waals surface area contributed by atoms with E-state index in [2.05, 4.69) is 15.6 Å². The zero-order valence-corrected chi connectivity index (χ0v) is 12.3. The summed E-state index contributed by atoms with van der Waals surface area (Å²) in [6.07, 6.45) is 1.54. The Hall–Kier alpha value is -2.47. The lowest BCUT2D eigenvalue weighted by Crippen LogP contribution is -2.20. The van der Waals surface area contributed by atoms with Gasteiger partial charge in [0.25, 0.3) is 0 Å². The summed E-state index contributed by atoms with van der Waals surface area (Å²) in [4.78, 5) is 15.9. The maximum Gasteiger partial charge on any atom is 0.323 e. The van der Waals surface area contributed by atoms with Gasteiger partial charge < -0.3 is 20.1 Å². The Labute approximate surface area is 127 Å². The van der Waals surface area contributed by atoms with Gasteiger partial charge in [-0.3, -0.25) is 0 Å². The maximum atomic E-state index is 12.1. The first-order valence-corrected chi connectivity index (χ1v) is 6.43. The third-order valence-corrected chi connectivity index (χ3v) is 2.97. The summed E-state index contributed by atoms with van der Waals surface area (Å²) in [6.45, 7) is 0. The first kappa shape index (κ1) is 14.9. The molecule has 21 heavy (non-hydrogen) atoms. The van der Waals surface area contributed by atoms with E-state index in [0.717, 1.165) is 0 Å². The van der Waals surface area contributed by atoms with E-state index in [1.807, 2.05) is 0 Å². The molecule has 0 unspecified atom stereocenters. The molecule has 0 spiro atoms. The van der Waals surface area contributed by atoms with Crippen LogP contribution in [0.4, 0.5) is 16.2 Å². The molecule has 2 aromatic rings. The number of urea groups is 1. The normalized spacial score (nSPS) is 9.86. The molecule has 2 N–H and O–H groups in total. The van der Waals surface area contributed by atoms with Gasteiger partial charge in [0.1, 0.15) is 17.2 Å². The fourth-order valence-corrected chi connectivity index (χ4v) is 1.89. The summed E-state index contributed by atoms with van der Waals surface area (Å²) in [5.74, 6) is 0.976. The van der Waals surface area contributed by atoms with E-state index < -0.39 is 6.03 Å². The second-order valence-electron chi connectivity index (χ2n) is 3.96. The van der Waals surface area contributed by atoms with Gasteiger partial charge in [0.05, 0.1) is 19.9 Å². The average molecular weight is 308 g/mol. The van der Waals surface area contributed by atoms with Crippen molar-refractivity contribution in [2.75, 3.05) is 24.9 Å². The molecule has 0 atom stereocenters. The number of amides is 2. The zero-order chi connectivity index (χ0) is 15.2. The van der Waals surface area contributed by atoms with Crippen LogP contribution in [0, 0.1) is 0 Å². The van der Waals surface area contributed by atoms with E-state index in [1.165, 1.54) is 20.4 Å². The summed E-state index contributed by atoms with van der Waals surface area (Å²) in [7, 11) is 3.02. The lowest BCUT2D eigenvalue weighted by atomic mass is 10.2. The predicted octanol–water partition coefficient (Wildman–Crippen LogP) is 3.40. The smallest absolute Gasteiger partial charge is 0.323 e. The van der Waals surface area contributed by atoms with Crippen LogP contribution in [0.1, 0.15) is 0 Å². The molecule has 0 aliphatic heterocycles. The first-order chi connectivity index (χ1) is 10.2. The standard InChI is InChI=1S/C14H14ClN3O3/c1-20-10-6-3-7-11(21-2)12(10)18-14(19)17-9-5-4-8-16-13(9)15/h3-8H,1-2H3,(H2,17,18,19). The highest BCUT2D eigenvalue weighted by molar-refractivity contribution is 6.32. The molecule has 1 aromatic heterocycles. The number of hydrogen-bond donors (Lipinski definition) is 2. The van der Waals surface area contributed by atoms with Crippen LogP contribution in [0.25, 0.3) is 0 Å². The van der Waals surface area contributed by atoms with Crippen molar-refractivity contribution in [3.8, 4) is 11.5 Å². The Balaban J connectivity index is 2.18. The number of para-hydroxylation sites is 1. The van der Waals surface area contributed by atoms with Gasteiger partial charge >= 0.3 is 6.03 Å². The van der Waals surface area contributed by atoms with Gasteiger partial charge in [-0.15, -0.1) is 0 Å². The molecule has 0 fully saturated rings. The average Bonchev–Trinajstić information content (AvgIpc) is 2.49. The van der Waals surface area contributed by atoms with Crippen molar-refractivity contribution in [2.24, 2.45) is 0 Å². The van der Waals surface area contributed by atoms with Crippen molar-refractivity contribution in [3.05, 3.63) is 41.7 Å². The van der Waals surface area contributed by atoms with Crippen molar-refractivity contribution < 1.29 is 14.3 Å². The lowest BCUT2D eigenvalue weighted by Gasteiger charge is -2.14. The number of rotatable bonds is 4. The third-order valence-electron chi connectivity index (χ3n) is 2.67. The number of anilines is 2. The number of nitrogens with zero attached hydrogens (tertiary/aromatic N) is 1. The molecule has 7 heteroatoms. The lowest BCUT2D eigenvalue weighted by molar-refractivity contribution is 0.262. The molecular formula is C14H14ClN3O3. The number of pyridine rings is 1. The van der Waals surface area contributed by atoms with E-state index >= 15 is 0 Å². The SMILES string of the molecule is COc1cccc(OC)c1NC(=O)Nc1cccnc1Cl. The molecule has 110 valence electrons. The monoisotopic (exact) mass is 307 g/mol. The molecule has 0 bridgehead atoms. The number of ether oxygens (including phenoxy) is 2. The fourth-order valence-electron chi connectivity index (χ4n) is 1.72. The molecule has 0 aliphatic rings. The molecule has 1 heterocycles. The Morgan fingerprint density at radius 1 is 1.10 bits per heavy atom. The van der Waals surface area contributed by atoms with Crippen LogP contribution in [0.15, 0.2) is 36.5 Å². The molecule has 6 nitrogen and oxygen atoms in total. The van der Waals surface area contributed by atoms with Gasteiger partial charge in [0.15, 0.2) is 5.15 Å². The number of halogens is 1. The van der Waals surface area contributed by atoms with Gasteiger partial charge in [0.2, 0.25) is 0 Å². The maximum absolute atomic E-state index is 12.1. The van der Waals surface area contributed by atoms with Crippen LogP contribution < -0.4 is 20.1 Å². The minimum atomic E-state index is -0.479. The van der Waals surface area contributed by atoms with Crippen molar-refractivity contribution in [3.63, 3.8) is 0 Å². The predicted molar refractivity (Wildman–Crippen MR) is 81.4 cm³/mol. The van der Waals surface area contributed by atoms with Crippen molar-refractivity contribution in [2.45, 2.75) is 0 Å². The Kier molecular flexibility index (Phi) is 4.84. The molecule has 2 amide bonds. The Morgan fingerprint density at radius 3 is 2.33 bits per heavy atom. The van der Waals surface area contributed by atoms with Crippen LogP contribution in [0.3, 0.4) is 0 Å². The largest absolute Gasteiger partial charge is 0.494 e. The number of nitrogens with one attached hydrogen (secondary N) is 2. The summed E-state index contributed by atoms with van der Waals surface area (Å²) in [5.41, 5.74) is 0.838.